The molecule has 0 amide bonds. The lowest BCUT2D eigenvalue weighted by Crippen LogP contribution is -2.57. The fraction of sp³-hybridized carbons (Fsp3) is 1.00. The Morgan fingerprint density at radius 1 is 0.923 bits per heavy atom. The van der Waals surface area contributed by atoms with Crippen molar-refractivity contribution in [2.24, 2.45) is 5.92 Å². The third kappa shape index (κ3) is 1.90. The molecule has 0 aromatic heterocycles. The van der Waals surface area contributed by atoms with Crippen molar-refractivity contribution < 1.29 is 31.4 Å². The summed E-state index contributed by atoms with van der Waals surface area (Å²) in [5.74, 6) is -12.3. The highest BCUT2D eigenvalue weighted by atomic mass is 19.4. The molecule has 1 nitrogen and oxygen atoms in total. The van der Waals surface area contributed by atoms with Gasteiger partial charge in [0.05, 0.1) is 0 Å². The second-order valence-corrected chi connectivity index (χ2v) is 2.90. The summed E-state index contributed by atoms with van der Waals surface area (Å²) in [6, 6.07) is 0. The minimum absolute atomic E-state index is 0.677. The van der Waals surface area contributed by atoms with Gasteiger partial charge in [0, 0.05) is 5.92 Å². The number of hydrogen-bond acceptors (Lipinski definition) is 1. The van der Waals surface area contributed by atoms with Gasteiger partial charge in [-0.2, -0.15) is 26.3 Å². The van der Waals surface area contributed by atoms with Crippen molar-refractivity contribution in [2.75, 3.05) is 0 Å². The number of alkyl halides is 6. The van der Waals surface area contributed by atoms with Gasteiger partial charge in [-0.1, -0.05) is 13.8 Å². The molecule has 0 aromatic rings. The zero-order valence-electron chi connectivity index (χ0n) is 6.79. The summed E-state index contributed by atoms with van der Waals surface area (Å²) in [6.45, 7) is 1.35. The fourth-order valence-electron chi connectivity index (χ4n) is 0.572. The normalized spacial score (nSPS) is 18.9. The maximum Gasteiger partial charge on any atom is 0.454 e. The molecule has 1 N–H and O–H groups in total. The molecule has 0 aliphatic heterocycles. The quantitative estimate of drug-likeness (QED) is 0.694. The number of rotatable bonds is 2. The Hall–Kier alpha value is -0.460. The van der Waals surface area contributed by atoms with E-state index in [1.54, 1.807) is 0 Å². The van der Waals surface area contributed by atoms with Crippen molar-refractivity contribution in [2.45, 2.75) is 31.8 Å². The largest absolute Gasteiger partial charge is 0.454 e. The molecule has 0 radical (unpaired) electrons. The van der Waals surface area contributed by atoms with Crippen LogP contribution in [-0.2, 0) is 0 Å². The van der Waals surface area contributed by atoms with Crippen LogP contribution in [0, 0.1) is 5.92 Å². The smallest absolute Gasteiger partial charge is 0.350 e. The lowest BCUT2D eigenvalue weighted by atomic mass is 9.98. The van der Waals surface area contributed by atoms with E-state index in [9.17, 15) is 26.3 Å². The second kappa shape index (κ2) is 3.04. The molecule has 1 atom stereocenters. The topological polar surface area (TPSA) is 20.2 Å². The van der Waals surface area contributed by atoms with Crippen LogP contribution in [0.2, 0.25) is 0 Å². The van der Waals surface area contributed by atoms with Crippen molar-refractivity contribution in [3.05, 3.63) is 0 Å². The third-order valence-corrected chi connectivity index (χ3v) is 1.54. The highest BCUT2D eigenvalue weighted by Crippen LogP contribution is 2.46. The molecule has 0 saturated carbocycles. The monoisotopic (exact) mass is 210 g/mol. The molecular formula is C6H8F6O. The van der Waals surface area contributed by atoms with E-state index in [-0.39, 0.29) is 0 Å². The predicted molar refractivity (Wildman–Crippen MR) is 31.9 cm³/mol. The zero-order chi connectivity index (χ0) is 11.1. The van der Waals surface area contributed by atoms with Gasteiger partial charge < -0.3 is 5.11 Å². The van der Waals surface area contributed by atoms with Gasteiger partial charge in [-0.3, -0.25) is 0 Å². The molecule has 1 unspecified atom stereocenters. The Bertz CT molecular complexity index is 182. The molecule has 7 heteroatoms. The first-order valence-electron chi connectivity index (χ1n) is 3.30. The first kappa shape index (κ1) is 12.5. The van der Waals surface area contributed by atoms with Crippen LogP contribution in [0.3, 0.4) is 0 Å². The van der Waals surface area contributed by atoms with E-state index in [4.69, 9.17) is 5.11 Å². The lowest BCUT2D eigenvalue weighted by molar-refractivity contribution is -0.393. The van der Waals surface area contributed by atoms with Crippen LogP contribution in [0.5, 0.6) is 0 Å². The Labute approximate surface area is 70.4 Å². The van der Waals surface area contributed by atoms with Crippen LogP contribution >= 0.6 is 0 Å². The Morgan fingerprint density at radius 3 is 1.31 bits per heavy atom. The summed E-state index contributed by atoms with van der Waals surface area (Å²) < 4.78 is 72.0. The first-order valence-corrected chi connectivity index (χ1v) is 3.30. The molecule has 0 aliphatic carbocycles. The van der Waals surface area contributed by atoms with Crippen LogP contribution < -0.4 is 0 Å². The van der Waals surface area contributed by atoms with Crippen molar-refractivity contribution >= 4 is 0 Å². The van der Waals surface area contributed by atoms with E-state index in [2.05, 4.69) is 0 Å². The van der Waals surface area contributed by atoms with E-state index < -0.39 is 23.9 Å². The molecule has 0 bridgehead atoms. The highest BCUT2D eigenvalue weighted by Gasteiger charge is 2.71. The van der Waals surface area contributed by atoms with Gasteiger partial charge in [0.1, 0.15) is 0 Å². The van der Waals surface area contributed by atoms with Gasteiger partial charge >= 0.3 is 18.0 Å². The van der Waals surface area contributed by atoms with Crippen molar-refractivity contribution in [1.82, 2.24) is 0 Å². The van der Waals surface area contributed by atoms with E-state index in [0.717, 1.165) is 0 Å². The molecule has 0 rings (SSSR count). The van der Waals surface area contributed by atoms with Crippen molar-refractivity contribution in [1.29, 1.82) is 0 Å². The molecule has 0 spiro atoms. The maximum atomic E-state index is 12.5. The average Bonchev–Trinajstić information content (AvgIpc) is 1.84. The summed E-state index contributed by atoms with van der Waals surface area (Å²) >= 11 is 0. The highest BCUT2D eigenvalue weighted by molar-refractivity contribution is 4.92. The van der Waals surface area contributed by atoms with Crippen LogP contribution in [0.1, 0.15) is 13.8 Å². The summed E-state index contributed by atoms with van der Waals surface area (Å²) in [6.07, 6.45) is -6.00. The van der Waals surface area contributed by atoms with Gasteiger partial charge in [-0.05, 0) is 0 Å². The molecule has 0 aromatic carbocycles. The van der Waals surface area contributed by atoms with E-state index in [0.29, 0.717) is 13.8 Å². The number of aliphatic hydroxyl groups is 1. The standard InChI is InChI=1S/C6H8F6O/c1-3(2)4(7,8)5(9,13)6(10,11)12/h3,13H,1-2H3. The van der Waals surface area contributed by atoms with E-state index in [1.165, 1.54) is 0 Å². The van der Waals surface area contributed by atoms with Gasteiger partial charge in [0.2, 0.25) is 0 Å². The van der Waals surface area contributed by atoms with E-state index in [1.807, 2.05) is 0 Å². The van der Waals surface area contributed by atoms with Crippen LogP contribution in [-0.4, -0.2) is 23.1 Å². The molecule has 0 heterocycles. The number of halogens is 6. The third-order valence-electron chi connectivity index (χ3n) is 1.54. The van der Waals surface area contributed by atoms with Crippen LogP contribution in [0.15, 0.2) is 0 Å². The molecule has 13 heavy (non-hydrogen) atoms. The Balaban J connectivity index is 5.04. The fourth-order valence-corrected chi connectivity index (χ4v) is 0.572. The summed E-state index contributed by atoms with van der Waals surface area (Å²) in [7, 11) is 0. The second-order valence-electron chi connectivity index (χ2n) is 2.90. The minimum Gasteiger partial charge on any atom is -0.350 e. The maximum absolute atomic E-state index is 12.5. The Morgan fingerprint density at radius 2 is 1.23 bits per heavy atom. The van der Waals surface area contributed by atoms with Gasteiger partial charge in [-0.15, -0.1) is 0 Å². The molecule has 0 fully saturated rings. The van der Waals surface area contributed by atoms with Gasteiger partial charge in [-0.25, -0.2) is 0 Å². The van der Waals surface area contributed by atoms with E-state index >= 15 is 0 Å². The predicted octanol–water partition coefficient (Wildman–Crippen LogP) is 2.50. The molecule has 0 saturated heterocycles. The van der Waals surface area contributed by atoms with Crippen LogP contribution in [0.25, 0.3) is 0 Å². The Kier molecular flexibility index (Phi) is 2.93. The minimum atomic E-state index is -6.00. The van der Waals surface area contributed by atoms with Crippen LogP contribution in [0.4, 0.5) is 26.3 Å². The zero-order valence-corrected chi connectivity index (χ0v) is 6.79. The lowest BCUT2D eigenvalue weighted by Gasteiger charge is -2.32. The first-order chi connectivity index (χ1) is 5.44. The van der Waals surface area contributed by atoms with Gasteiger partial charge in [0.25, 0.3) is 0 Å². The van der Waals surface area contributed by atoms with Gasteiger partial charge in [0.15, 0.2) is 0 Å². The summed E-state index contributed by atoms with van der Waals surface area (Å²) in [5, 5.41) is 8.01. The average molecular weight is 210 g/mol. The molecule has 80 valence electrons. The number of hydrogen-bond donors (Lipinski definition) is 1. The SMILES string of the molecule is CC(C)C(F)(F)C(O)(F)C(F)(F)F. The van der Waals surface area contributed by atoms with Crippen molar-refractivity contribution in [3.8, 4) is 0 Å². The van der Waals surface area contributed by atoms with Crippen molar-refractivity contribution in [3.63, 3.8) is 0 Å². The molecule has 0 aliphatic rings. The molecular weight excluding hydrogens is 202 g/mol. The summed E-state index contributed by atoms with van der Waals surface area (Å²) in [4.78, 5) is 0. The summed E-state index contributed by atoms with van der Waals surface area (Å²) in [5.41, 5.74) is 0.